The van der Waals surface area contributed by atoms with Crippen LogP contribution in [0.15, 0.2) is 46.6 Å². The number of halogens is 3. The molecule has 0 unspecified atom stereocenters. The van der Waals surface area contributed by atoms with Gasteiger partial charge in [0.05, 0.1) is 10.3 Å². The zero-order valence-electron chi connectivity index (χ0n) is 13.6. The van der Waals surface area contributed by atoms with Crippen LogP contribution in [0, 0.1) is 0 Å². The Morgan fingerprint density at radius 3 is 2.52 bits per heavy atom. The number of benzene rings is 1. The maximum absolute atomic E-state index is 12.7. The van der Waals surface area contributed by atoms with E-state index < -0.39 is 12.7 Å². The third-order valence-electron chi connectivity index (χ3n) is 3.73. The molecule has 0 radical (unpaired) electrons. The van der Waals surface area contributed by atoms with Crippen molar-refractivity contribution >= 4 is 22.1 Å². The van der Waals surface area contributed by atoms with Crippen LogP contribution in [-0.2, 0) is 13.1 Å². The molecular formula is C16H11F3N6OS. The molecule has 0 amide bonds. The average Bonchev–Trinajstić information content (AvgIpc) is 3.28. The van der Waals surface area contributed by atoms with Crippen molar-refractivity contribution < 1.29 is 13.2 Å². The van der Waals surface area contributed by atoms with Gasteiger partial charge in [0.15, 0.2) is 12.4 Å². The summed E-state index contributed by atoms with van der Waals surface area (Å²) in [6, 6.07) is 10.8. The Kier molecular flexibility index (Phi) is 4.22. The molecule has 4 rings (SSSR count). The van der Waals surface area contributed by atoms with Gasteiger partial charge in [-0.15, -0.1) is 21.5 Å². The van der Waals surface area contributed by atoms with E-state index in [9.17, 15) is 18.0 Å². The van der Waals surface area contributed by atoms with Gasteiger partial charge in [-0.3, -0.25) is 4.79 Å². The van der Waals surface area contributed by atoms with Gasteiger partial charge >= 0.3 is 6.18 Å². The number of rotatable bonds is 4. The Hall–Kier alpha value is -3.08. The van der Waals surface area contributed by atoms with Crippen LogP contribution in [0.25, 0.3) is 21.3 Å². The minimum Gasteiger partial charge on any atom is -0.267 e. The molecule has 4 aromatic rings. The molecule has 7 nitrogen and oxygen atoms in total. The highest BCUT2D eigenvalue weighted by Crippen LogP contribution is 2.28. The molecule has 0 saturated carbocycles. The number of thiophene rings is 1. The molecule has 1 aromatic carbocycles. The first kappa shape index (κ1) is 17.3. The second-order valence-electron chi connectivity index (χ2n) is 5.69. The highest BCUT2D eigenvalue weighted by Gasteiger charge is 2.29. The zero-order chi connectivity index (χ0) is 19.0. The van der Waals surface area contributed by atoms with Gasteiger partial charge in [-0.1, -0.05) is 24.3 Å². The van der Waals surface area contributed by atoms with Crippen LogP contribution < -0.4 is 5.56 Å². The van der Waals surface area contributed by atoms with Gasteiger partial charge in [0.25, 0.3) is 5.56 Å². The van der Waals surface area contributed by atoms with Gasteiger partial charge in [-0.25, -0.2) is 4.68 Å². The van der Waals surface area contributed by atoms with Gasteiger partial charge in [0, 0.05) is 5.39 Å². The zero-order valence-corrected chi connectivity index (χ0v) is 14.4. The van der Waals surface area contributed by atoms with Crippen molar-refractivity contribution in [1.82, 2.24) is 30.0 Å². The van der Waals surface area contributed by atoms with E-state index >= 15 is 0 Å². The lowest BCUT2D eigenvalue weighted by Gasteiger charge is -2.08. The molecule has 0 saturated heterocycles. The van der Waals surface area contributed by atoms with Crippen LogP contribution in [0.3, 0.4) is 0 Å². The molecule has 3 heterocycles. The molecule has 0 atom stereocenters. The molecule has 0 aliphatic carbocycles. The van der Waals surface area contributed by atoms with Crippen molar-refractivity contribution in [2.24, 2.45) is 0 Å². The predicted octanol–water partition coefficient (Wildman–Crippen LogP) is 2.72. The topological polar surface area (TPSA) is 78.5 Å². The summed E-state index contributed by atoms with van der Waals surface area (Å²) in [5.41, 5.74) is 0.237. The highest BCUT2D eigenvalue weighted by atomic mass is 32.1. The summed E-state index contributed by atoms with van der Waals surface area (Å²) in [5.74, 6) is -0.0266. The Bertz CT molecular complexity index is 1150. The minimum absolute atomic E-state index is 0.0266. The Balaban J connectivity index is 1.76. The van der Waals surface area contributed by atoms with E-state index in [1.54, 1.807) is 18.2 Å². The van der Waals surface area contributed by atoms with Crippen LogP contribution in [-0.4, -0.2) is 36.2 Å². The molecule has 0 spiro atoms. The van der Waals surface area contributed by atoms with E-state index in [4.69, 9.17) is 0 Å². The summed E-state index contributed by atoms with van der Waals surface area (Å²) >= 11 is 1.47. The lowest BCUT2D eigenvalue weighted by atomic mass is 10.1. The van der Waals surface area contributed by atoms with Crippen molar-refractivity contribution in [1.29, 1.82) is 0 Å². The second-order valence-corrected chi connectivity index (χ2v) is 6.63. The van der Waals surface area contributed by atoms with E-state index in [2.05, 4.69) is 20.5 Å². The Morgan fingerprint density at radius 2 is 1.81 bits per heavy atom. The van der Waals surface area contributed by atoms with Gasteiger partial charge in [-0.2, -0.15) is 23.1 Å². The SMILES string of the molecule is O=c1c2ccccc2c(-c2cccs2)nn1Cc1nnn(CC(F)(F)F)n1. The Morgan fingerprint density at radius 1 is 1.04 bits per heavy atom. The van der Waals surface area contributed by atoms with Crippen molar-refractivity contribution in [2.75, 3.05) is 0 Å². The summed E-state index contributed by atoms with van der Waals surface area (Å²) in [4.78, 5) is 14.0. The maximum atomic E-state index is 12.7. The summed E-state index contributed by atoms with van der Waals surface area (Å²) in [6.45, 7) is -1.53. The number of fused-ring (bicyclic) bond motifs is 1. The smallest absolute Gasteiger partial charge is 0.267 e. The standard InChI is InChI=1S/C16H11F3N6OS/c17-16(18,19)9-25-21-13(20-23-25)8-24-15(26)11-5-2-1-4-10(11)14(22-24)12-6-3-7-27-12/h1-7H,8-9H2. The lowest BCUT2D eigenvalue weighted by Crippen LogP contribution is -2.25. The van der Waals surface area contributed by atoms with Crippen LogP contribution >= 0.6 is 11.3 Å². The summed E-state index contributed by atoms with van der Waals surface area (Å²) in [5, 5.41) is 18.1. The van der Waals surface area contributed by atoms with Crippen molar-refractivity contribution in [3.8, 4) is 10.6 Å². The fraction of sp³-hybridized carbons (Fsp3) is 0.188. The monoisotopic (exact) mass is 392 g/mol. The first-order valence-electron chi connectivity index (χ1n) is 7.78. The molecule has 0 bridgehead atoms. The third-order valence-corrected chi connectivity index (χ3v) is 4.61. The largest absolute Gasteiger partial charge is 0.409 e. The van der Waals surface area contributed by atoms with Crippen LogP contribution in [0.4, 0.5) is 13.2 Å². The van der Waals surface area contributed by atoms with E-state index in [0.717, 1.165) is 9.56 Å². The lowest BCUT2D eigenvalue weighted by molar-refractivity contribution is -0.145. The molecule has 0 N–H and O–H groups in total. The predicted molar refractivity (Wildman–Crippen MR) is 92.3 cm³/mol. The maximum Gasteiger partial charge on any atom is 0.409 e. The molecule has 0 fully saturated rings. The molecule has 11 heteroatoms. The highest BCUT2D eigenvalue weighted by molar-refractivity contribution is 7.13. The minimum atomic E-state index is -4.46. The normalized spacial score (nSPS) is 12.0. The molecule has 0 aliphatic rings. The first-order valence-corrected chi connectivity index (χ1v) is 8.66. The molecule has 138 valence electrons. The average molecular weight is 392 g/mol. The second kappa shape index (κ2) is 6.58. The summed E-state index contributed by atoms with van der Waals surface area (Å²) < 4.78 is 38.4. The summed E-state index contributed by atoms with van der Waals surface area (Å²) in [6.07, 6.45) is -4.46. The fourth-order valence-corrected chi connectivity index (χ4v) is 3.36. The summed E-state index contributed by atoms with van der Waals surface area (Å²) in [7, 11) is 0. The molecule has 3 aromatic heterocycles. The van der Waals surface area contributed by atoms with Gasteiger partial charge in [0.2, 0.25) is 0 Å². The van der Waals surface area contributed by atoms with E-state index in [1.807, 2.05) is 23.6 Å². The fourth-order valence-electron chi connectivity index (χ4n) is 2.64. The number of alkyl halides is 3. The van der Waals surface area contributed by atoms with E-state index in [-0.39, 0.29) is 17.9 Å². The molecule has 27 heavy (non-hydrogen) atoms. The number of tetrazole rings is 1. The number of nitrogens with zero attached hydrogens (tertiary/aromatic N) is 6. The van der Waals surface area contributed by atoms with E-state index in [1.165, 1.54) is 11.3 Å². The van der Waals surface area contributed by atoms with E-state index in [0.29, 0.717) is 21.3 Å². The molecule has 0 aliphatic heterocycles. The van der Waals surface area contributed by atoms with Gasteiger partial charge in [-0.05, 0) is 22.7 Å². The van der Waals surface area contributed by atoms with Crippen LogP contribution in [0.5, 0.6) is 0 Å². The van der Waals surface area contributed by atoms with Crippen molar-refractivity contribution in [2.45, 2.75) is 19.3 Å². The third kappa shape index (κ3) is 3.58. The quantitative estimate of drug-likeness (QED) is 0.534. The van der Waals surface area contributed by atoms with Crippen LogP contribution in [0.2, 0.25) is 0 Å². The first-order chi connectivity index (χ1) is 12.9. The van der Waals surface area contributed by atoms with Crippen LogP contribution in [0.1, 0.15) is 5.82 Å². The van der Waals surface area contributed by atoms with Gasteiger partial charge in [0.1, 0.15) is 12.2 Å². The van der Waals surface area contributed by atoms with Crippen molar-refractivity contribution in [3.05, 3.63) is 58.0 Å². The molecular weight excluding hydrogens is 381 g/mol. The van der Waals surface area contributed by atoms with Crippen molar-refractivity contribution in [3.63, 3.8) is 0 Å². The number of hydrogen-bond acceptors (Lipinski definition) is 6. The number of hydrogen-bond donors (Lipinski definition) is 0. The van der Waals surface area contributed by atoms with Gasteiger partial charge < -0.3 is 0 Å². The Labute approximate surface area is 153 Å². The number of aromatic nitrogens is 6.